The highest BCUT2D eigenvalue weighted by molar-refractivity contribution is 5.85. The van der Waals surface area contributed by atoms with Crippen molar-refractivity contribution in [2.45, 2.75) is 90.8 Å². The van der Waals surface area contributed by atoms with Gasteiger partial charge in [-0.15, -0.1) is 0 Å². The fraction of sp³-hybridized carbons (Fsp3) is 0.756. The summed E-state index contributed by atoms with van der Waals surface area (Å²) in [6, 6.07) is 4.68. The van der Waals surface area contributed by atoms with E-state index in [9.17, 15) is 34.2 Å². The highest BCUT2D eigenvalue weighted by Crippen LogP contribution is 2.15. The number of ketones is 2. The Morgan fingerprint density at radius 3 is 1.91 bits per heavy atom. The van der Waals surface area contributed by atoms with E-state index in [1.807, 2.05) is 34.9 Å². The topological polar surface area (TPSA) is 207 Å². The number of carbonyl (C=O) groups is 5. The molecule has 1 aliphatic heterocycles. The number of carboxylic acid groups (broad SMARTS) is 2. The number of Topliss-reactive ketones (excluding diaryl/α,β-unsaturated/α-hetero) is 2. The number of pyridine rings is 1. The summed E-state index contributed by atoms with van der Waals surface area (Å²) in [6.45, 7) is 11.6. The van der Waals surface area contributed by atoms with Crippen LogP contribution in [0.15, 0.2) is 18.2 Å². The molecule has 17 nitrogen and oxygen atoms in total. The molecule has 330 valence electrons. The SMILES string of the molecule is CCOCCOCCCN(CC(=O)CCCCOCCOCCOCCCCC(=O)CCC(C(=O)O)N1CCNCCN(CC(=O)O)Cc2cccc(n2)C1)C(C)=O. The number of ether oxygens (including phenoxy) is 5. The Morgan fingerprint density at radius 1 is 0.741 bits per heavy atom. The lowest BCUT2D eigenvalue weighted by atomic mass is 10.0. The summed E-state index contributed by atoms with van der Waals surface area (Å²) in [5, 5.41) is 22.7. The maximum atomic E-state index is 12.7. The predicted molar refractivity (Wildman–Crippen MR) is 215 cm³/mol. The minimum Gasteiger partial charge on any atom is -0.480 e. The predicted octanol–water partition coefficient (Wildman–Crippen LogP) is 2.43. The van der Waals surface area contributed by atoms with Crippen molar-refractivity contribution in [2.24, 2.45) is 0 Å². The van der Waals surface area contributed by atoms with Crippen LogP contribution in [0.5, 0.6) is 0 Å². The number of nitrogens with zero attached hydrogens (tertiary/aromatic N) is 4. The highest BCUT2D eigenvalue weighted by atomic mass is 16.5. The van der Waals surface area contributed by atoms with Gasteiger partial charge in [-0.3, -0.25) is 38.8 Å². The minimum atomic E-state index is -0.979. The number of aliphatic carboxylic acids is 2. The first-order chi connectivity index (χ1) is 28.1. The van der Waals surface area contributed by atoms with E-state index >= 15 is 0 Å². The number of amides is 1. The number of unbranched alkanes of at least 4 members (excludes halogenated alkanes) is 2. The third kappa shape index (κ3) is 25.2. The monoisotopic (exact) mass is 823 g/mol. The lowest BCUT2D eigenvalue weighted by Crippen LogP contribution is -2.45. The van der Waals surface area contributed by atoms with Crippen molar-refractivity contribution in [1.82, 2.24) is 25.0 Å². The highest BCUT2D eigenvalue weighted by Gasteiger charge is 2.27. The summed E-state index contributed by atoms with van der Waals surface area (Å²) in [5.74, 6) is -1.95. The molecule has 1 aromatic rings. The van der Waals surface area contributed by atoms with Gasteiger partial charge in [0.15, 0.2) is 5.78 Å². The summed E-state index contributed by atoms with van der Waals surface area (Å²) in [5.41, 5.74) is 1.41. The molecule has 0 fully saturated rings. The van der Waals surface area contributed by atoms with E-state index in [0.717, 1.165) is 12.1 Å². The average molecular weight is 824 g/mol. The third-order valence-corrected chi connectivity index (χ3v) is 9.42. The second-order valence-electron chi connectivity index (χ2n) is 14.3. The summed E-state index contributed by atoms with van der Waals surface area (Å²) in [4.78, 5) is 70.5. The van der Waals surface area contributed by atoms with Crippen LogP contribution in [0, 0.1) is 0 Å². The van der Waals surface area contributed by atoms with Crippen LogP contribution in [-0.2, 0) is 60.7 Å². The second-order valence-corrected chi connectivity index (χ2v) is 14.3. The zero-order chi connectivity index (χ0) is 42.2. The standard InChI is InChI=1S/C41H69N5O12/c1-3-54-24-25-57-23-9-18-45(34(2)47)32-38(49)13-5-7-22-56-27-29-58-28-26-55-21-6-4-12-37(48)14-15-39(41(52)53)46-20-17-42-16-19-44(33-40(50)51)30-35-10-8-11-36(31-46)43-35/h8,10-11,39,42H,3-7,9,12-33H2,1-2H3,(H,50,51)(H,52,53). The van der Waals surface area contributed by atoms with Crippen molar-refractivity contribution in [3.8, 4) is 0 Å². The molecule has 3 N–H and O–H groups in total. The fourth-order valence-corrected chi connectivity index (χ4v) is 6.32. The van der Waals surface area contributed by atoms with Crippen LogP contribution in [0.1, 0.15) is 83.0 Å². The van der Waals surface area contributed by atoms with E-state index in [4.69, 9.17) is 23.7 Å². The number of carboxylic acids is 2. The van der Waals surface area contributed by atoms with Crippen molar-refractivity contribution >= 4 is 29.4 Å². The quantitative estimate of drug-likeness (QED) is 0.0871. The van der Waals surface area contributed by atoms with Crippen LogP contribution in [0.25, 0.3) is 0 Å². The Labute approximate surface area is 344 Å². The van der Waals surface area contributed by atoms with E-state index in [2.05, 4.69) is 10.3 Å². The molecule has 0 spiro atoms. The molecule has 1 aliphatic rings. The number of carbonyl (C=O) groups excluding carboxylic acids is 3. The molecule has 1 amide bonds. The van der Waals surface area contributed by atoms with E-state index in [0.29, 0.717) is 156 Å². The molecule has 2 heterocycles. The van der Waals surface area contributed by atoms with Gasteiger partial charge in [0.2, 0.25) is 5.91 Å². The van der Waals surface area contributed by atoms with Gasteiger partial charge in [0, 0.05) is 98.4 Å². The van der Waals surface area contributed by atoms with Crippen LogP contribution in [0.2, 0.25) is 0 Å². The van der Waals surface area contributed by atoms with Crippen LogP contribution < -0.4 is 5.32 Å². The van der Waals surface area contributed by atoms with Gasteiger partial charge in [-0.05, 0) is 57.6 Å². The van der Waals surface area contributed by atoms with E-state index < -0.39 is 18.0 Å². The smallest absolute Gasteiger partial charge is 0.320 e. The van der Waals surface area contributed by atoms with Crippen LogP contribution >= 0.6 is 0 Å². The number of fused-ring (bicyclic) bond motifs is 2. The number of hydrogen-bond acceptors (Lipinski definition) is 14. The van der Waals surface area contributed by atoms with Gasteiger partial charge in [0.25, 0.3) is 0 Å². The molecule has 0 saturated heterocycles. The molecular weight excluding hydrogens is 754 g/mol. The largest absolute Gasteiger partial charge is 0.480 e. The molecule has 2 bridgehead atoms. The van der Waals surface area contributed by atoms with Crippen LogP contribution in [0.3, 0.4) is 0 Å². The van der Waals surface area contributed by atoms with E-state index in [1.165, 1.54) is 6.92 Å². The Balaban J connectivity index is 1.51. The first-order valence-electron chi connectivity index (χ1n) is 20.8. The van der Waals surface area contributed by atoms with E-state index in [-0.39, 0.29) is 43.4 Å². The molecule has 1 aromatic heterocycles. The van der Waals surface area contributed by atoms with Gasteiger partial charge in [-0.2, -0.15) is 0 Å². The first kappa shape index (κ1) is 50.7. The van der Waals surface area contributed by atoms with E-state index in [1.54, 1.807) is 4.90 Å². The molecule has 2 rings (SSSR count). The molecule has 0 aromatic carbocycles. The zero-order valence-corrected chi connectivity index (χ0v) is 34.9. The molecule has 0 radical (unpaired) electrons. The second kappa shape index (κ2) is 32.4. The van der Waals surface area contributed by atoms with Crippen molar-refractivity contribution < 1.29 is 57.9 Å². The lowest BCUT2D eigenvalue weighted by molar-refractivity contribution is -0.144. The van der Waals surface area contributed by atoms with Crippen molar-refractivity contribution in [2.75, 3.05) is 112 Å². The maximum Gasteiger partial charge on any atom is 0.320 e. The summed E-state index contributed by atoms with van der Waals surface area (Å²) in [6.07, 6.45) is 4.59. The van der Waals surface area contributed by atoms with Gasteiger partial charge in [0.05, 0.1) is 64.1 Å². The van der Waals surface area contributed by atoms with Crippen LogP contribution in [-0.4, -0.2) is 177 Å². The molecule has 0 saturated carbocycles. The van der Waals surface area contributed by atoms with Crippen molar-refractivity contribution in [3.05, 3.63) is 29.6 Å². The number of rotatable bonds is 33. The van der Waals surface area contributed by atoms with Gasteiger partial charge in [0.1, 0.15) is 11.8 Å². The van der Waals surface area contributed by atoms with Crippen molar-refractivity contribution in [1.29, 1.82) is 0 Å². The van der Waals surface area contributed by atoms with Gasteiger partial charge >= 0.3 is 11.9 Å². The molecule has 0 aliphatic carbocycles. The average Bonchev–Trinajstić information content (AvgIpc) is 3.17. The minimum absolute atomic E-state index is 0.0220. The van der Waals surface area contributed by atoms with Crippen molar-refractivity contribution in [3.63, 3.8) is 0 Å². The third-order valence-electron chi connectivity index (χ3n) is 9.42. The Hall–Kier alpha value is -3.42. The molecule has 17 heteroatoms. The number of hydrogen-bond donors (Lipinski definition) is 3. The summed E-state index contributed by atoms with van der Waals surface area (Å²) >= 11 is 0. The summed E-state index contributed by atoms with van der Waals surface area (Å²) < 4.78 is 27.5. The van der Waals surface area contributed by atoms with Gasteiger partial charge < -0.3 is 44.1 Å². The number of aromatic nitrogens is 1. The van der Waals surface area contributed by atoms with Gasteiger partial charge in [-0.25, -0.2) is 0 Å². The fourth-order valence-electron chi connectivity index (χ4n) is 6.32. The molecule has 1 atom stereocenters. The Kier molecular flexibility index (Phi) is 28.4. The maximum absolute atomic E-state index is 12.7. The lowest BCUT2D eigenvalue weighted by Gasteiger charge is -2.30. The molecular formula is C41H69N5O12. The zero-order valence-electron chi connectivity index (χ0n) is 34.9. The van der Waals surface area contributed by atoms with Gasteiger partial charge in [-0.1, -0.05) is 6.07 Å². The molecule has 58 heavy (non-hydrogen) atoms. The molecule has 1 unspecified atom stereocenters. The van der Waals surface area contributed by atoms with Crippen LogP contribution in [0.4, 0.5) is 0 Å². The normalized spacial score (nSPS) is 14.7. The Morgan fingerprint density at radius 2 is 1.31 bits per heavy atom. The first-order valence-corrected chi connectivity index (χ1v) is 20.8. The summed E-state index contributed by atoms with van der Waals surface area (Å²) in [7, 11) is 0. The number of nitrogens with one attached hydrogen (secondary N) is 1. The Bertz CT molecular complexity index is 1320.